The summed E-state index contributed by atoms with van der Waals surface area (Å²) in [4.78, 5) is 0. The maximum Gasteiger partial charge on any atom is 0.247 e. The SMILES string of the molecule is COc1cccc(-c2nnc(CNc3ccc(F)cc3)o2)c1. The first-order valence-corrected chi connectivity index (χ1v) is 6.71. The topological polar surface area (TPSA) is 60.2 Å². The van der Waals surface area contributed by atoms with Gasteiger partial charge in [0.25, 0.3) is 0 Å². The van der Waals surface area contributed by atoms with Gasteiger partial charge in [0.2, 0.25) is 11.8 Å². The molecule has 22 heavy (non-hydrogen) atoms. The van der Waals surface area contributed by atoms with Crippen molar-refractivity contribution >= 4 is 5.69 Å². The van der Waals surface area contributed by atoms with Crippen LogP contribution < -0.4 is 10.1 Å². The van der Waals surface area contributed by atoms with Gasteiger partial charge in [-0.1, -0.05) is 6.07 Å². The van der Waals surface area contributed by atoms with Crippen molar-refractivity contribution in [3.05, 3.63) is 60.2 Å². The molecule has 0 amide bonds. The van der Waals surface area contributed by atoms with Gasteiger partial charge in [0.05, 0.1) is 13.7 Å². The Balaban J connectivity index is 1.69. The highest BCUT2D eigenvalue weighted by atomic mass is 19.1. The Bertz CT molecular complexity index is 756. The van der Waals surface area contributed by atoms with E-state index in [0.717, 1.165) is 17.0 Å². The lowest BCUT2D eigenvalue weighted by atomic mass is 10.2. The molecule has 1 heterocycles. The lowest BCUT2D eigenvalue weighted by molar-refractivity contribution is 0.414. The average Bonchev–Trinajstić information content (AvgIpc) is 3.03. The molecule has 0 fully saturated rings. The van der Waals surface area contributed by atoms with E-state index in [0.29, 0.717) is 18.3 Å². The number of benzene rings is 2. The van der Waals surface area contributed by atoms with E-state index in [1.54, 1.807) is 19.2 Å². The van der Waals surface area contributed by atoms with Gasteiger partial charge in [0, 0.05) is 11.3 Å². The van der Waals surface area contributed by atoms with Crippen molar-refractivity contribution in [2.24, 2.45) is 0 Å². The Morgan fingerprint density at radius 2 is 1.95 bits per heavy atom. The van der Waals surface area contributed by atoms with Gasteiger partial charge in [-0.2, -0.15) is 0 Å². The Morgan fingerprint density at radius 3 is 2.73 bits per heavy atom. The normalized spacial score (nSPS) is 10.5. The van der Waals surface area contributed by atoms with Gasteiger partial charge < -0.3 is 14.5 Å². The van der Waals surface area contributed by atoms with Crippen molar-refractivity contribution in [3.8, 4) is 17.2 Å². The summed E-state index contributed by atoms with van der Waals surface area (Å²) in [7, 11) is 1.60. The zero-order valence-corrected chi connectivity index (χ0v) is 11.9. The Morgan fingerprint density at radius 1 is 1.14 bits per heavy atom. The monoisotopic (exact) mass is 299 g/mol. The molecule has 5 nitrogen and oxygen atoms in total. The highest BCUT2D eigenvalue weighted by molar-refractivity contribution is 5.55. The third-order valence-electron chi connectivity index (χ3n) is 3.07. The highest BCUT2D eigenvalue weighted by Crippen LogP contribution is 2.22. The molecule has 3 aromatic rings. The minimum absolute atomic E-state index is 0.274. The number of hydrogen-bond donors (Lipinski definition) is 1. The molecule has 0 aliphatic heterocycles. The summed E-state index contributed by atoms with van der Waals surface area (Å²) in [5, 5.41) is 11.1. The van der Waals surface area contributed by atoms with Crippen LogP contribution in [0, 0.1) is 5.82 Å². The molecule has 0 radical (unpaired) electrons. The molecule has 3 rings (SSSR count). The van der Waals surface area contributed by atoms with E-state index in [-0.39, 0.29) is 5.82 Å². The van der Waals surface area contributed by atoms with Crippen molar-refractivity contribution in [1.82, 2.24) is 10.2 Å². The average molecular weight is 299 g/mol. The summed E-state index contributed by atoms with van der Waals surface area (Å²) in [6, 6.07) is 13.5. The lowest BCUT2D eigenvalue weighted by Crippen LogP contribution is -1.99. The summed E-state index contributed by atoms with van der Waals surface area (Å²) in [6.45, 7) is 0.364. The van der Waals surface area contributed by atoms with E-state index < -0.39 is 0 Å². The molecule has 0 aliphatic rings. The fraction of sp³-hybridized carbons (Fsp3) is 0.125. The number of aromatic nitrogens is 2. The van der Waals surface area contributed by atoms with Crippen LogP contribution in [0.25, 0.3) is 11.5 Å². The Hall–Kier alpha value is -2.89. The fourth-order valence-corrected chi connectivity index (χ4v) is 1.94. The first kappa shape index (κ1) is 14.1. The van der Waals surface area contributed by atoms with Crippen molar-refractivity contribution in [2.75, 3.05) is 12.4 Å². The molecular formula is C16H14FN3O2. The van der Waals surface area contributed by atoms with Crippen LogP contribution in [0.2, 0.25) is 0 Å². The van der Waals surface area contributed by atoms with Crippen molar-refractivity contribution in [2.45, 2.75) is 6.54 Å². The van der Waals surface area contributed by atoms with Crippen LogP contribution in [0.4, 0.5) is 10.1 Å². The predicted molar refractivity (Wildman–Crippen MR) is 80.0 cm³/mol. The van der Waals surface area contributed by atoms with Gasteiger partial charge in [-0.15, -0.1) is 10.2 Å². The first-order chi connectivity index (χ1) is 10.7. The van der Waals surface area contributed by atoms with Gasteiger partial charge >= 0.3 is 0 Å². The first-order valence-electron chi connectivity index (χ1n) is 6.71. The number of nitrogens with one attached hydrogen (secondary N) is 1. The summed E-state index contributed by atoms with van der Waals surface area (Å²) >= 11 is 0. The van der Waals surface area contributed by atoms with Crippen molar-refractivity contribution in [3.63, 3.8) is 0 Å². The number of anilines is 1. The molecule has 6 heteroatoms. The summed E-state index contributed by atoms with van der Waals surface area (Å²) < 4.78 is 23.6. The molecule has 1 N–H and O–H groups in total. The minimum Gasteiger partial charge on any atom is -0.497 e. The number of rotatable bonds is 5. The van der Waals surface area contributed by atoms with E-state index in [1.165, 1.54) is 12.1 Å². The summed E-state index contributed by atoms with van der Waals surface area (Å²) in [5.41, 5.74) is 1.57. The molecule has 0 unspecified atom stereocenters. The van der Waals surface area contributed by atoms with Gasteiger partial charge in [0.15, 0.2) is 0 Å². The number of hydrogen-bond acceptors (Lipinski definition) is 5. The highest BCUT2D eigenvalue weighted by Gasteiger charge is 2.09. The van der Waals surface area contributed by atoms with Crippen LogP contribution in [-0.4, -0.2) is 17.3 Å². The summed E-state index contributed by atoms with van der Waals surface area (Å²) in [5.74, 6) is 1.32. The zero-order valence-electron chi connectivity index (χ0n) is 11.9. The molecule has 0 saturated carbocycles. The van der Waals surface area contributed by atoms with E-state index in [2.05, 4.69) is 15.5 Å². The van der Waals surface area contributed by atoms with Crippen LogP contribution in [0.3, 0.4) is 0 Å². The van der Waals surface area contributed by atoms with E-state index in [1.807, 2.05) is 24.3 Å². The van der Waals surface area contributed by atoms with Gasteiger partial charge in [-0.25, -0.2) is 4.39 Å². The molecule has 0 spiro atoms. The maximum absolute atomic E-state index is 12.8. The van der Waals surface area contributed by atoms with Gasteiger partial charge in [-0.05, 0) is 42.5 Å². The van der Waals surface area contributed by atoms with Gasteiger partial charge in [-0.3, -0.25) is 0 Å². The third kappa shape index (κ3) is 3.22. The van der Waals surface area contributed by atoms with Crippen LogP contribution in [0.5, 0.6) is 5.75 Å². The van der Waals surface area contributed by atoms with Crippen LogP contribution >= 0.6 is 0 Å². The number of nitrogens with zero attached hydrogens (tertiary/aromatic N) is 2. The molecule has 0 atom stereocenters. The summed E-state index contributed by atoms with van der Waals surface area (Å²) in [6.07, 6.45) is 0. The molecule has 2 aromatic carbocycles. The second-order valence-corrected chi connectivity index (χ2v) is 4.59. The van der Waals surface area contributed by atoms with E-state index in [4.69, 9.17) is 9.15 Å². The zero-order chi connectivity index (χ0) is 15.4. The number of ether oxygens (including phenoxy) is 1. The Kier molecular flexibility index (Phi) is 4.00. The lowest BCUT2D eigenvalue weighted by Gasteiger charge is -2.02. The second kappa shape index (κ2) is 6.26. The van der Waals surface area contributed by atoms with Crippen LogP contribution in [-0.2, 0) is 6.54 Å². The molecule has 0 aliphatic carbocycles. The van der Waals surface area contributed by atoms with Crippen molar-refractivity contribution in [1.29, 1.82) is 0 Å². The molecule has 0 saturated heterocycles. The molecule has 0 bridgehead atoms. The van der Waals surface area contributed by atoms with Crippen LogP contribution in [0.1, 0.15) is 5.89 Å². The van der Waals surface area contributed by atoms with Crippen LogP contribution in [0.15, 0.2) is 52.9 Å². The standard InChI is InChI=1S/C16H14FN3O2/c1-21-14-4-2-3-11(9-14)16-20-19-15(22-16)10-18-13-7-5-12(17)6-8-13/h2-9,18H,10H2,1H3. The number of methoxy groups -OCH3 is 1. The third-order valence-corrected chi connectivity index (χ3v) is 3.07. The minimum atomic E-state index is -0.274. The molecular weight excluding hydrogens is 285 g/mol. The van der Waals surface area contributed by atoms with Gasteiger partial charge in [0.1, 0.15) is 11.6 Å². The second-order valence-electron chi connectivity index (χ2n) is 4.59. The molecule has 112 valence electrons. The fourth-order valence-electron chi connectivity index (χ4n) is 1.94. The largest absolute Gasteiger partial charge is 0.497 e. The maximum atomic E-state index is 12.8. The smallest absolute Gasteiger partial charge is 0.247 e. The van der Waals surface area contributed by atoms with E-state index in [9.17, 15) is 4.39 Å². The number of halogens is 1. The predicted octanol–water partition coefficient (Wildman–Crippen LogP) is 3.50. The van der Waals surface area contributed by atoms with Crippen molar-refractivity contribution < 1.29 is 13.5 Å². The molecule has 1 aromatic heterocycles. The quantitative estimate of drug-likeness (QED) is 0.781. The Labute approximate surface area is 126 Å². The van der Waals surface area contributed by atoms with E-state index >= 15 is 0 Å².